The van der Waals surface area contributed by atoms with Crippen molar-refractivity contribution >= 4 is 12.2 Å². The van der Waals surface area contributed by atoms with Crippen LogP contribution in [0.3, 0.4) is 0 Å². The summed E-state index contributed by atoms with van der Waals surface area (Å²) < 4.78 is 2.84. The third-order valence-electron chi connectivity index (χ3n) is 3.61. The van der Waals surface area contributed by atoms with Crippen LogP contribution in [0.1, 0.15) is 22.4 Å². The van der Waals surface area contributed by atoms with E-state index in [0.29, 0.717) is 5.56 Å². The van der Waals surface area contributed by atoms with Crippen molar-refractivity contribution < 1.29 is 0 Å². The Bertz CT molecular complexity index is 852. The molecule has 0 amide bonds. The minimum absolute atomic E-state index is 0.680. The van der Waals surface area contributed by atoms with Crippen LogP contribution in [0.2, 0.25) is 0 Å². The first kappa shape index (κ1) is 14.3. The summed E-state index contributed by atoms with van der Waals surface area (Å²) in [7, 11) is 0. The van der Waals surface area contributed by atoms with E-state index in [1.165, 1.54) is 5.56 Å². The van der Waals surface area contributed by atoms with Gasteiger partial charge >= 0.3 is 0 Å². The summed E-state index contributed by atoms with van der Waals surface area (Å²) in [5.74, 6) is 0. The number of nitriles is 1. The summed E-state index contributed by atoms with van der Waals surface area (Å²) >= 11 is 5.39. The van der Waals surface area contributed by atoms with Gasteiger partial charge in [0, 0.05) is 18.3 Å². The molecule has 0 saturated heterocycles. The van der Waals surface area contributed by atoms with E-state index in [1.54, 1.807) is 0 Å². The molecule has 0 radical (unpaired) electrons. The molecule has 0 atom stereocenters. The highest BCUT2D eigenvalue weighted by molar-refractivity contribution is 7.71. The summed E-state index contributed by atoms with van der Waals surface area (Å²) in [4.78, 5) is 3.13. The van der Waals surface area contributed by atoms with Gasteiger partial charge in [0.1, 0.15) is 0 Å². The number of H-pyrrole nitrogens is 1. The smallest absolute Gasteiger partial charge is 0.177 e. The van der Waals surface area contributed by atoms with Gasteiger partial charge in [-0.05, 0) is 35.5 Å². The molecular weight excluding hydrogens is 290 g/mol. The average Bonchev–Trinajstić information content (AvgIpc) is 2.90. The number of aromatic nitrogens is 2. The minimum Gasteiger partial charge on any atom is -0.337 e. The van der Waals surface area contributed by atoms with Crippen molar-refractivity contribution in [2.75, 3.05) is 0 Å². The van der Waals surface area contributed by atoms with Crippen LogP contribution < -0.4 is 0 Å². The van der Waals surface area contributed by atoms with Crippen molar-refractivity contribution in [3.8, 4) is 6.07 Å². The number of nitrogens with one attached hydrogen (secondary N) is 1. The van der Waals surface area contributed by atoms with E-state index >= 15 is 0 Å². The molecule has 0 bridgehead atoms. The minimum atomic E-state index is 0.680. The first-order chi connectivity index (χ1) is 10.8. The largest absolute Gasteiger partial charge is 0.337 e. The lowest BCUT2D eigenvalue weighted by atomic mass is 10.1. The van der Waals surface area contributed by atoms with E-state index in [4.69, 9.17) is 17.5 Å². The number of rotatable bonds is 4. The maximum absolute atomic E-state index is 8.86. The van der Waals surface area contributed by atoms with Crippen molar-refractivity contribution in [3.05, 3.63) is 87.9 Å². The quantitative estimate of drug-likeness (QED) is 0.739. The second-order valence-corrected chi connectivity index (χ2v) is 5.53. The third-order valence-corrected chi connectivity index (χ3v) is 3.94. The number of benzene rings is 2. The summed E-state index contributed by atoms with van der Waals surface area (Å²) in [5.41, 5.74) is 4.20. The monoisotopic (exact) mass is 305 g/mol. The van der Waals surface area contributed by atoms with E-state index in [2.05, 4.69) is 27.8 Å². The van der Waals surface area contributed by atoms with E-state index in [-0.39, 0.29) is 0 Å². The molecule has 0 aliphatic carbocycles. The lowest BCUT2D eigenvalue weighted by Crippen LogP contribution is -2.05. The van der Waals surface area contributed by atoms with Crippen LogP contribution in [0.5, 0.6) is 0 Å². The predicted octanol–water partition coefficient (Wildman–Crippen LogP) is 4.06. The summed E-state index contributed by atoms with van der Waals surface area (Å²) in [6, 6.07) is 20.1. The van der Waals surface area contributed by atoms with Gasteiger partial charge < -0.3 is 9.55 Å². The first-order valence-corrected chi connectivity index (χ1v) is 7.47. The zero-order valence-electron chi connectivity index (χ0n) is 12.0. The van der Waals surface area contributed by atoms with E-state index in [0.717, 1.165) is 29.0 Å². The van der Waals surface area contributed by atoms with Gasteiger partial charge in [-0.15, -0.1) is 0 Å². The molecule has 1 heterocycles. The van der Waals surface area contributed by atoms with Gasteiger partial charge in [-0.1, -0.05) is 42.5 Å². The molecule has 4 heteroatoms. The van der Waals surface area contributed by atoms with E-state index in [9.17, 15) is 0 Å². The van der Waals surface area contributed by atoms with Crippen molar-refractivity contribution in [2.45, 2.75) is 13.0 Å². The third kappa shape index (κ3) is 3.16. The molecule has 0 fully saturated rings. The van der Waals surface area contributed by atoms with Crippen LogP contribution in [-0.4, -0.2) is 9.55 Å². The molecule has 0 aliphatic rings. The van der Waals surface area contributed by atoms with Crippen molar-refractivity contribution in [1.29, 1.82) is 5.26 Å². The number of aromatic amines is 1. The number of imidazole rings is 1. The van der Waals surface area contributed by atoms with E-state index in [1.807, 2.05) is 48.7 Å². The Hall–Kier alpha value is -2.64. The summed E-state index contributed by atoms with van der Waals surface area (Å²) in [6.45, 7) is 0.759. The Morgan fingerprint density at radius 1 is 1.00 bits per heavy atom. The highest BCUT2D eigenvalue weighted by Gasteiger charge is 2.06. The molecule has 108 valence electrons. The van der Waals surface area contributed by atoms with E-state index < -0.39 is 0 Å². The highest BCUT2D eigenvalue weighted by Crippen LogP contribution is 2.13. The summed E-state index contributed by atoms with van der Waals surface area (Å²) in [5, 5.41) is 8.86. The van der Waals surface area contributed by atoms with Crippen LogP contribution in [0.25, 0.3) is 0 Å². The van der Waals surface area contributed by atoms with Gasteiger partial charge in [-0.2, -0.15) is 5.26 Å². The fraction of sp³-hybridized carbons (Fsp3) is 0.111. The van der Waals surface area contributed by atoms with Gasteiger partial charge in [0.05, 0.1) is 18.2 Å². The number of hydrogen-bond acceptors (Lipinski definition) is 2. The molecule has 3 nitrogen and oxygen atoms in total. The Balaban J connectivity index is 1.85. The average molecular weight is 305 g/mol. The van der Waals surface area contributed by atoms with Crippen LogP contribution in [-0.2, 0) is 13.0 Å². The molecule has 2 aromatic carbocycles. The lowest BCUT2D eigenvalue weighted by Gasteiger charge is -2.09. The zero-order valence-corrected chi connectivity index (χ0v) is 12.8. The Labute approximate surface area is 134 Å². The lowest BCUT2D eigenvalue weighted by molar-refractivity contribution is 0.742. The zero-order chi connectivity index (χ0) is 15.4. The predicted molar refractivity (Wildman–Crippen MR) is 89.1 cm³/mol. The number of hydrogen-bond donors (Lipinski definition) is 1. The molecule has 0 unspecified atom stereocenters. The van der Waals surface area contributed by atoms with Gasteiger partial charge in [0.15, 0.2) is 4.77 Å². The maximum Gasteiger partial charge on any atom is 0.177 e. The van der Waals surface area contributed by atoms with Crippen molar-refractivity contribution in [1.82, 2.24) is 9.55 Å². The van der Waals surface area contributed by atoms with Crippen LogP contribution in [0.15, 0.2) is 60.8 Å². The Morgan fingerprint density at radius 2 is 1.73 bits per heavy atom. The van der Waals surface area contributed by atoms with Crippen LogP contribution >= 0.6 is 12.2 Å². The molecule has 22 heavy (non-hydrogen) atoms. The van der Waals surface area contributed by atoms with Crippen LogP contribution in [0.4, 0.5) is 0 Å². The standard InChI is InChI=1S/C18H15N3S/c19-11-15-8-6-14(7-9-15)10-17-12-20-18(22)21(17)13-16-4-2-1-3-5-16/h1-9,12H,10,13H2,(H,20,22). The fourth-order valence-corrected chi connectivity index (χ4v) is 2.66. The van der Waals surface area contributed by atoms with Crippen molar-refractivity contribution in [3.63, 3.8) is 0 Å². The van der Waals surface area contributed by atoms with Gasteiger partial charge in [0.2, 0.25) is 0 Å². The van der Waals surface area contributed by atoms with Crippen molar-refractivity contribution in [2.24, 2.45) is 0 Å². The maximum atomic E-state index is 8.86. The Morgan fingerprint density at radius 3 is 2.41 bits per heavy atom. The molecule has 3 aromatic rings. The molecule has 0 saturated carbocycles. The summed E-state index contributed by atoms with van der Waals surface area (Å²) in [6.07, 6.45) is 2.75. The molecule has 1 aromatic heterocycles. The van der Waals surface area contributed by atoms with Gasteiger partial charge in [0.25, 0.3) is 0 Å². The second-order valence-electron chi connectivity index (χ2n) is 5.14. The molecule has 1 N–H and O–H groups in total. The SMILES string of the molecule is N#Cc1ccc(Cc2c[nH]c(=S)n2Cc2ccccc2)cc1. The Kier molecular flexibility index (Phi) is 4.17. The first-order valence-electron chi connectivity index (χ1n) is 7.06. The molecule has 0 aliphatic heterocycles. The fourth-order valence-electron chi connectivity index (χ4n) is 2.42. The molecule has 0 spiro atoms. The van der Waals surface area contributed by atoms with Gasteiger partial charge in [-0.3, -0.25) is 0 Å². The molecular formula is C18H15N3S. The van der Waals surface area contributed by atoms with Gasteiger partial charge in [-0.25, -0.2) is 0 Å². The molecule has 3 rings (SSSR count). The number of nitrogens with zero attached hydrogens (tertiary/aromatic N) is 2. The second kappa shape index (κ2) is 6.42. The highest BCUT2D eigenvalue weighted by atomic mass is 32.1. The topological polar surface area (TPSA) is 44.5 Å². The van der Waals surface area contributed by atoms with Crippen LogP contribution in [0, 0.1) is 16.1 Å². The normalized spacial score (nSPS) is 10.3.